The third kappa shape index (κ3) is 4.64. The molecule has 0 unspecified atom stereocenters. The predicted octanol–water partition coefficient (Wildman–Crippen LogP) is 1.63. The molecule has 0 saturated carbocycles. The van der Waals surface area contributed by atoms with Crippen LogP contribution in [0.2, 0.25) is 0 Å². The quantitative estimate of drug-likeness (QED) is 0.697. The summed E-state index contributed by atoms with van der Waals surface area (Å²) in [6.45, 7) is 4.02. The van der Waals surface area contributed by atoms with Gasteiger partial charge in [-0.05, 0) is 22.4 Å². The van der Waals surface area contributed by atoms with Crippen LogP contribution in [0.15, 0.2) is 28.0 Å². The number of sulfonamides is 1. The molecule has 0 amide bonds. The fourth-order valence-corrected chi connectivity index (χ4v) is 4.03. The third-order valence-electron chi connectivity index (χ3n) is 3.47. The van der Waals surface area contributed by atoms with E-state index in [9.17, 15) is 8.42 Å². The Labute approximate surface area is 146 Å². The molecule has 0 bridgehead atoms. The highest BCUT2D eigenvalue weighted by molar-refractivity contribution is 7.89. The van der Waals surface area contributed by atoms with Crippen LogP contribution < -0.4 is 4.72 Å². The first-order valence-corrected chi connectivity index (χ1v) is 10.0. The highest BCUT2D eigenvalue weighted by Crippen LogP contribution is 2.21. The molecule has 2 N–H and O–H groups in total. The van der Waals surface area contributed by atoms with Crippen LogP contribution in [0.25, 0.3) is 0 Å². The van der Waals surface area contributed by atoms with Crippen molar-refractivity contribution in [2.75, 3.05) is 19.8 Å². The molecule has 0 radical (unpaired) electrons. The van der Waals surface area contributed by atoms with Gasteiger partial charge in [0.1, 0.15) is 5.82 Å². The zero-order valence-electron chi connectivity index (χ0n) is 14.0. The topological polar surface area (TPSA) is 93.5 Å². The van der Waals surface area contributed by atoms with Crippen LogP contribution in [-0.2, 0) is 21.8 Å². The minimum absolute atomic E-state index is 0.0000678. The lowest BCUT2D eigenvalue weighted by Gasteiger charge is -2.16. The zero-order valence-corrected chi connectivity index (χ0v) is 15.6. The van der Waals surface area contributed by atoms with Gasteiger partial charge in [-0.1, -0.05) is 13.8 Å². The van der Waals surface area contributed by atoms with E-state index in [-0.39, 0.29) is 30.7 Å². The Kier molecular flexibility index (Phi) is 6.53. The second kappa shape index (κ2) is 8.21. The molecule has 2 heterocycles. The number of aliphatic hydroxyl groups excluding tert-OH is 1. The van der Waals surface area contributed by atoms with Gasteiger partial charge in [0.25, 0.3) is 10.0 Å². The number of thiophene rings is 1. The number of aromatic nitrogens is 2. The van der Waals surface area contributed by atoms with Gasteiger partial charge in [-0.2, -0.15) is 11.3 Å². The molecule has 2 rings (SSSR count). The maximum absolute atomic E-state index is 12.5. The van der Waals surface area contributed by atoms with E-state index in [2.05, 4.69) is 9.71 Å². The Hall–Kier alpha value is -1.26. The molecule has 0 spiro atoms. The van der Waals surface area contributed by atoms with Gasteiger partial charge < -0.3 is 14.4 Å². The molecule has 1 atom stereocenters. The molecule has 0 fully saturated rings. The van der Waals surface area contributed by atoms with Crippen molar-refractivity contribution >= 4 is 21.4 Å². The number of aliphatic hydroxyl groups is 1. The molecule has 0 aliphatic rings. The maximum Gasteiger partial charge on any atom is 0.259 e. The summed E-state index contributed by atoms with van der Waals surface area (Å²) in [6.07, 6.45) is 1.05. The Morgan fingerprint density at radius 1 is 1.46 bits per heavy atom. The lowest BCUT2D eigenvalue weighted by atomic mass is 10.2. The van der Waals surface area contributed by atoms with Gasteiger partial charge in [-0.25, -0.2) is 18.1 Å². The molecule has 134 valence electrons. The molecular formula is C15H23N3O4S2. The van der Waals surface area contributed by atoms with E-state index >= 15 is 0 Å². The van der Waals surface area contributed by atoms with Crippen molar-refractivity contribution in [3.8, 4) is 0 Å². The minimum Gasteiger partial charge on any atom is -0.394 e. The lowest BCUT2D eigenvalue weighted by Crippen LogP contribution is -2.30. The van der Waals surface area contributed by atoms with Crippen LogP contribution in [-0.4, -0.2) is 42.8 Å². The summed E-state index contributed by atoms with van der Waals surface area (Å²) < 4.78 is 34.8. The van der Waals surface area contributed by atoms with E-state index in [0.717, 1.165) is 5.56 Å². The largest absolute Gasteiger partial charge is 0.394 e. The van der Waals surface area contributed by atoms with Crippen LogP contribution in [0.1, 0.15) is 37.3 Å². The van der Waals surface area contributed by atoms with Crippen LogP contribution in [0.4, 0.5) is 0 Å². The number of rotatable bonds is 9. The average molecular weight is 374 g/mol. The summed E-state index contributed by atoms with van der Waals surface area (Å²) in [5.41, 5.74) is 0.875. The van der Waals surface area contributed by atoms with Crippen molar-refractivity contribution in [1.82, 2.24) is 14.3 Å². The van der Waals surface area contributed by atoms with E-state index in [1.165, 1.54) is 17.5 Å². The van der Waals surface area contributed by atoms with Crippen molar-refractivity contribution in [1.29, 1.82) is 0 Å². The first-order valence-electron chi connectivity index (χ1n) is 7.62. The van der Waals surface area contributed by atoms with Crippen molar-refractivity contribution in [3.05, 3.63) is 34.4 Å². The SMILES string of the molecule is CC(C)c1nc(S(=O)(=O)NC[C@H](OCCO)c2ccsc2)cn1C. The van der Waals surface area contributed by atoms with E-state index in [1.54, 1.807) is 11.6 Å². The summed E-state index contributed by atoms with van der Waals surface area (Å²) in [4.78, 5) is 4.22. The maximum atomic E-state index is 12.5. The number of nitrogens with zero attached hydrogens (tertiary/aromatic N) is 2. The van der Waals surface area contributed by atoms with Crippen molar-refractivity contribution in [3.63, 3.8) is 0 Å². The van der Waals surface area contributed by atoms with E-state index < -0.39 is 16.1 Å². The van der Waals surface area contributed by atoms with Gasteiger partial charge >= 0.3 is 0 Å². The monoisotopic (exact) mass is 373 g/mol. The number of hydrogen-bond donors (Lipinski definition) is 2. The first-order chi connectivity index (χ1) is 11.3. The summed E-state index contributed by atoms with van der Waals surface area (Å²) in [5.74, 6) is 0.840. The third-order valence-corrected chi connectivity index (χ3v) is 5.46. The molecule has 0 saturated heterocycles. The molecule has 0 aliphatic carbocycles. The molecule has 0 aliphatic heterocycles. The standard InChI is InChI=1S/C15H23N3O4S2/c1-11(2)15-17-14(9-18(15)3)24(20,21)16-8-13(22-6-5-19)12-4-7-23-10-12/h4,7,9-11,13,16,19H,5-6,8H2,1-3H3/t13-/m0/s1. The lowest BCUT2D eigenvalue weighted by molar-refractivity contribution is 0.0311. The molecule has 7 nitrogen and oxygen atoms in total. The second-order valence-electron chi connectivity index (χ2n) is 5.69. The molecule has 0 aromatic carbocycles. The van der Waals surface area contributed by atoms with Gasteiger partial charge in [-0.15, -0.1) is 0 Å². The summed E-state index contributed by atoms with van der Waals surface area (Å²) in [5, 5.41) is 12.7. The van der Waals surface area contributed by atoms with Gasteiger partial charge in [0, 0.05) is 25.7 Å². The number of aryl methyl sites for hydroxylation is 1. The summed E-state index contributed by atoms with van der Waals surface area (Å²) in [7, 11) is -1.95. The van der Waals surface area contributed by atoms with Crippen molar-refractivity contribution in [2.24, 2.45) is 7.05 Å². The summed E-state index contributed by atoms with van der Waals surface area (Å²) in [6, 6.07) is 1.87. The Morgan fingerprint density at radius 3 is 2.75 bits per heavy atom. The van der Waals surface area contributed by atoms with Crippen molar-refractivity contribution < 1.29 is 18.3 Å². The minimum atomic E-state index is -3.73. The number of nitrogens with one attached hydrogen (secondary N) is 1. The van der Waals surface area contributed by atoms with Crippen LogP contribution in [0.5, 0.6) is 0 Å². The molecule has 9 heteroatoms. The molecule has 2 aromatic heterocycles. The Balaban J connectivity index is 2.11. The molecule has 2 aromatic rings. The van der Waals surface area contributed by atoms with E-state index in [4.69, 9.17) is 9.84 Å². The van der Waals surface area contributed by atoms with Gasteiger partial charge in [-0.3, -0.25) is 0 Å². The Morgan fingerprint density at radius 2 is 2.21 bits per heavy atom. The fourth-order valence-electron chi connectivity index (χ4n) is 2.30. The highest BCUT2D eigenvalue weighted by atomic mass is 32.2. The highest BCUT2D eigenvalue weighted by Gasteiger charge is 2.23. The van der Waals surface area contributed by atoms with Gasteiger partial charge in [0.2, 0.25) is 0 Å². The fraction of sp³-hybridized carbons (Fsp3) is 0.533. The number of ether oxygens (including phenoxy) is 1. The van der Waals surface area contributed by atoms with E-state index in [1.807, 2.05) is 30.7 Å². The average Bonchev–Trinajstić information content (AvgIpc) is 3.17. The van der Waals surface area contributed by atoms with Crippen LogP contribution in [0, 0.1) is 0 Å². The van der Waals surface area contributed by atoms with Crippen LogP contribution in [0.3, 0.4) is 0 Å². The second-order valence-corrected chi connectivity index (χ2v) is 8.19. The van der Waals surface area contributed by atoms with E-state index in [0.29, 0.717) is 5.82 Å². The smallest absolute Gasteiger partial charge is 0.259 e. The first kappa shape index (κ1) is 19.1. The molecular weight excluding hydrogens is 350 g/mol. The summed E-state index contributed by atoms with van der Waals surface area (Å²) >= 11 is 1.50. The van der Waals surface area contributed by atoms with Crippen LogP contribution >= 0.6 is 11.3 Å². The number of imidazole rings is 1. The van der Waals surface area contributed by atoms with Gasteiger partial charge in [0.15, 0.2) is 5.03 Å². The zero-order chi connectivity index (χ0) is 17.7. The molecule has 24 heavy (non-hydrogen) atoms. The van der Waals surface area contributed by atoms with Gasteiger partial charge in [0.05, 0.1) is 19.3 Å². The number of hydrogen-bond acceptors (Lipinski definition) is 6. The van der Waals surface area contributed by atoms with Crippen molar-refractivity contribution in [2.45, 2.75) is 30.9 Å². The Bertz CT molecular complexity index is 739. The normalized spacial score (nSPS) is 13.5. The predicted molar refractivity (Wildman–Crippen MR) is 92.6 cm³/mol.